The molecule has 0 aromatic carbocycles. The van der Waals surface area contributed by atoms with Gasteiger partial charge in [-0.1, -0.05) is 6.07 Å². The summed E-state index contributed by atoms with van der Waals surface area (Å²) in [7, 11) is -4.23. The van der Waals surface area contributed by atoms with Gasteiger partial charge < -0.3 is 15.1 Å². The number of nitrogens with one attached hydrogen (secondary N) is 2. The van der Waals surface area contributed by atoms with Gasteiger partial charge in [0.25, 0.3) is 15.9 Å². The number of hydrogen-bond acceptors (Lipinski definition) is 8. The van der Waals surface area contributed by atoms with Crippen LogP contribution in [0.5, 0.6) is 0 Å². The monoisotopic (exact) mass is 553 g/mol. The highest BCUT2D eigenvalue weighted by Crippen LogP contribution is 2.40. The van der Waals surface area contributed by atoms with Crippen LogP contribution in [-0.2, 0) is 10.0 Å². The average Bonchev–Trinajstić information content (AvgIpc) is 3.41. The quantitative estimate of drug-likeness (QED) is 0.551. The van der Waals surface area contributed by atoms with Gasteiger partial charge in [-0.05, 0) is 82.6 Å². The average molecular weight is 554 g/mol. The number of sulfonamides is 1. The van der Waals surface area contributed by atoms with Crippen molar-refractivity contribution >= 4 is 39.4 Å². The summed E-state index contributed by atoms with van der Waals surface area (Å²) in [5.74, 6) is 0.939. The zero-order valence-electron chi connectivity index (χ0n) is 22.4. The van der Waals surface area contributed by atoms with Crippen molar-refractivity contribution in [1.29, 1.82) is 0 Å². The molecule has 0 aliphatic carbocycles. The Bertz CT molecular complexity index is 1410. The number of carbonyl (C=O) groups is 2. The van der Waals surface area contributed by atoms with Gasteiger partial charge >= 0.3 is 6.03 Å². The Morgan fingerprint density at radius 3 is 2.67 bits per heavy atom. The molecule has 0 saturated carbocycles. The van der Waals surface area contributed by atoms with Gasteiger partial charge in [0, 0.05) is 31.7 Å². The lowest BCUT2D eigenvalue weighted by Crippen LogP contribution is -2.41. The third kappa shape index (κ3) is 4.79. The first-order chi connectivity index (χ1) is 18.6. The molecule has 0 spiro atoms. The van der Waals surface area contributed by atoms with Gasteiger partial charge in [-0.3, -0.25) is 9.69 Å². The molecule has 39 heavy (non-hydrogen) atoms. The van der Waals surface area contributed by atoms with Crippen LogP contribution in [0.1, 0.15) is 62.7 Å². The molecular weight excluding hydrogens is 518 g/mol. The summed E-state index contributed by atoms with van der Waals surface area (Å²) in [6.07, 6.45) is 5.84. The summed E-state index contributed by atoms with van der Waals surface area (Å²) >= 11 is 0. The van der Waals surface area contributed by atoms with E-state index in [4.69, 9.17) is 4.98 Å². The Morgan fingerprint density at radius 1 is 1.00 bits per heavy atom. The first-order valence-corrected chi connectivity index (χ1v) is 15.3. The van der Waals surface area contributed by atoms with Gasteiger partial charge in [0.1, 0.15) is 17.5 Å². The highest BCUT2D eigenvalue weighted by atomic mass is 32.2. The molecule has 2 aromatic heterocycles. The second-order valence-corrected chi connectivity index (χ2v) is 13.3. The second kappa shape index (κ2) is 9.65. The lowest BCUT2D eigenvalue weighted by molar-refractivity contribution is 0.0981. The van der Waals surface area contributed by atoms with Crippen molar-refractivity contribution in [3.63, 3.8) is 0 Å². The van der Waals surface area contributed by atoms with E-state index in [-0.39, 0.29) is 28.2 Å². The largest absolute Gasteiger partial charge is 0.370 e. The first kappa shape index (κ1) is 25.8. The van der Waals surface area contributed by atoms with E-state index in [0.29, 0.717) is 43.0 Å². The number of aromatic nitrogens is 2. The number of anilines is 3. The molecule has 3 fully saturated rings. The molecule has 1 unspecified atom stereocenters. The standard InChI is InChI=1S/C27H35N7O4S/c1-27(2)15-18-7-6-13-28-21-9-5-10-23(29-21)39(37,38)31-25(35)20-11-12-22(30-24(20)34(27)16-18)33-17-19-8-3-4-14-32(19)26(33)36/h5,9-12,18-19H,3-4,6-8,13-17H2,1-2H3,(H,28,29)(H,31,35)/t18-,19?/m0/s1. The molecule has 2 atom stereocenters. The number of rotatable bonds is 1. The van der Waals surface area contributed by atoms with E-state index in [1.807, 2.05) is 4.90 Å². The Morgan fingerprint density at radius 2 is 1.85 bits per heavy atom. The molecule has 12 heteroatoms. The van der Waals surface area contributed by atoms with Gasteiger partial charge in [0.15, 0.2) is 5.03 Å². The Labute approximate surface area is 229 Å². The van der Waals surface area contributed by atoms with Crippen molar-refractivity contribution in [3.8, 4) is 0 Å². The molecule has 4 bridgehead atoms. The van der Waals surface area contributed by atoms with Crippen molar-refractivity contribution in [2.75, 3.05) is 41.3 Å². The van der Waals surface area contributed by atoms with Gasteiger partial charge in [-0.15, -0.1) is 0 Å². The highest BCUT2D eigenvalue weighted by Gasteiger charge is 2.43. The number of pyridine rings is 2. The number of nitrogens with zero attached hydrogens (tertiary/aromatic N) is 5. The topological polar surface area (TPSA) is 128 Å². The van der Waals surface area contributed by atoms with E-state index in [1.165, 1.54) is 6.07 Å². The lowest BCUT2D eigenvalue weighted by Gasteiger charge is -2.34. The van der Waals surface area contributed by atoms with Gasteiger partial charge in [-0.2, -0.15) is 8.42 Å². The maximum atomic E-state index is 13.6. The summed E-state index contributed by atoms with van der Waals surface area (Å²) in [5, 5.41) is 2.97. The van der Waals surface area contributed by atoms with Crippen molar-refractivity contribution in [2.45, 2.75) is 69.0 Å². The summed E-state index contributed by atoms with van der Waals surface area (Å²) in [6, 6.07) is 8.04. The van der Waals surface area contributed by atoms with Crippen LogP contribution in [0, 0.1) is 5.92 Å². The van der Waals surface area contributed by atoms with Crippen molar-refractivity contribution in [3.05, 3.63) is 35.9 Å². The van der Waals surface area contributed by atoms with Crippen LogP contribution >= 0.6 is 0 Å². The molecule has 3 amide bonds. The van der Waals surface area contributed by atoms with Crippen LogP contribution in [0.4, 0.5) is 22.2 Å². The molecular formula is C27H35N7O4S. The molecule has 2 N–H and O–H groups in total. The molecule has 2 aromatic rings. The third-order valence-corrected chi connectivity index (χ3v) is 9.65. The van der Waals surface area contributed by atoms with Gasteiger partial charge in [0.05, 0.1) is 11.6 Å². The van der Waals surface area contributed by atoms with E-state index >= 15 is 0 Å². The molecule has 4 aliphatic rings. The normalized spacial score (nSPS) is 26.2. The van der Waals surface area contributed by atoms with Gasteiger partial charge in [0.2, 0.25) is 0 Å². The molecule has 3 saturated heterocycles. The third-order valence-electron chi connectivity index (χ3n) is 8.42. The number of piperidine rings is 1. The Kier molecular flexibility index (Phi) is 6.40. The minimum absolute atomic E-state index is 0.0617. The van der Waals surface area contributed by atoms with E-state index in [9.17, 15) is 18.0 Å². The number of urea groups is 1. The van der Waals surface area contributed by atoms with Crippen molar-refractivity contribution < 1.29 is 18.0 Å². The number of hydrogen-bond donors (Lipinski definition) is 2. The van der Waals surface area contributed by atoms with Crippen LogP contribution in [-0.4, -0.2) is 73.0 Å². The number of carbonyl (C=O) groups excluding carboxylic acids is 2. The predicted molar refractivity (Wildman–Crippen MR) is 147 cm³/mol. The number of amides is 3. The first-order valence-electron chi connectivity index (χ1n) is 13.8. The fourth-order valence-electron chi connectivity index (χ4n) is 6.50. The zero-order chi connectivity index (χ0) is 27.4. The molecule has 11 nitrogen and oxygen atoms in total. The molecule has 4 aliphatic heterocycles. The second-order valence-electron chi connectivity index (χ2n) is 11.6. The summed E-state index contributed by atoms with van der Waals surface area (Å²) in [5.41, 5.74) is -0.155. The molecule has 0 radical (unpaired) electrons. The maximum Gasteiger partial charge on any atom is 0.326 e. The molecule has 208 valence electrons. The smallest absolute Gasteiger partial charge is 0.326 e. The van der Waals surface area contributed by atoms with E-state index in [0.717, 1.165) is 45.1 Å². The predicted octanol–water partition coefficient (Wildman–Crippen LogP) is 3.20. The lowest BCUT2D eigenvalue weighted by atomic mass is 9.93. The van der Waals surface area contributed by atoms with Crippen LogP contribution in [0.2, 0.25) is 0 Å². The van der Waals surface area contributed by atoms with E-state index in [2.05, 4.69) is 33.8 Å². The Balaban J connectivity index is 1.41. The maximum absolute atomic E-state index is 13.6. The van der Waals surface area contributed by atoms with Crippen LogP contribution < -0.4 is 19.8 Å². The van der Waals surface area contributed by atoms with E-state index in [1.54, 1.807) is 29.2 Å². The minimum atomic E-state index is -4.23. The van der Waals surface area contributed by atoms with Crippen molar-refractivity contribution in [2.24, 2.45) is 5.92 Å². The summed E-state index contributed by atoms with van der Waals surface area (Å²) in [6.45, 7) is 6.90. The van der Waals surface area contributed by atoms with Crippen LogP contribution in [0.3, 0.4) is 0 Å². The Hall–Kier alpha value is -3.41. The minimum Gasteiger partial charge on any atom is -0.370 e. The van der Waals surface area contributed by atoms with Gasteiger partial charge in [-0.25, -0.2) is 19.5 Å². The van der Waals surface area contributed by atoms with Crippen LogP contribution in [0.15, 0.2) is 35.4 Å². The fourth-order valence-corrected chi connectivity index (χ4v) is 7.44. The summed E-state index contributed by atoms with van der Waals surface area (Å²) < 4.78 is 28.5. The fraction of sp³-hybridized carbons (Fsp3) is 0.556. The number of fused-ring (bicyclic) bond motifs is 7. The highest BCUT2D eigenvalue weighted by molar-refractivity contribution is 7.90. The SMILES string of the molecule is CC1(C)C[C@@H]2CCCNc3cccc(n3)S(=O)(=O)NC(=O)c3ccc(N4CC5CCCCN5C4=O)nc3N1C2. The van der Waals surface area contributed by atoms with Crippen molar-refractivity contribution in [1.82, 2.24) is 19.6 Å². The molecule has 6 heterocycles. The van der Waals surface area contributed by atoms with E-state index < -0.39 is 15.9 Å². The molecule has 6 rings (SSSR count). The zero-order valence-corrected chi connectivity index (χ0v) is 23.2. The van der Waals surface area contributed by atoms with Crippen LogP contribution in [0.25, 0.3) is 0 Å². The summed E-state index contributed by atoms with van der Waals surface area (Å²) in [4.78, 5) is 41.7.